The van der Waals surface area contributed by atoms with E-state index in [1.54, 1.807) is 12.1 Å². The number of nitrogens with zero attached hydrogens (tertiary/aromatic N) is 1. The Hall–Kier alpha value is -1.62. The quantitative estimate of drug-likeness (QED) is 0.636. The van der Waals surface area contributed by atoms with Crippen LogP contribution in [0.3, 0.4) is 0 Å². The van der Waals surface area contributed by atoms with Crippen molar-refractivity contribution in [2.45, 2.75) is 38.2 Å². The Morgan fingerprint density at radius 2 is 2.11 bits per heavy atom. The fraction of sp³-hybridized carbons (Fsp3) is 0.538. The van der Waals surface area contributed by atoms with Crippen molar-refractivity contribution in [3.05, 3.63) is 33.9 Å². The number of benzene rings is 1. The van der Waals surface area contributed by atoms with Gasteiger partial charge in [-0.05, 0) is 31.4 Å². The van der Waals surface area contributed by atoms with Crippen LogP contribution in [0.5, 0.6) is 0 Å². The maximum atomic E-state index is 10.9. The van der Waals surface area contributed by atoms with Crippen molar-refractivity contribution in [3.8, 4) is 0 Å². The minimum Gasteiger partial charge on any atom is -0.388 e. The van der Waals surface area contributed by atoms with Crippen molar-refractivity contribution in [2.24, 2.45) is 0 Å². The lowest BCUT2D eigenvalue weighted by atomic mass is 10.0. The standard InChI is InChI=1S/C13H18N2O3/c1-10-4-5-12(15(17)18)11(8-10)14-9-13(16)6-2-3-7-13/h4-5,8,14,16H,2-3,6-7,9H2,1H3. The van der Waals surface area contributed by atoms with Gasteiger partial charge in [0.05, 0.1) is 10.5 Å². The van der Waals surface area contributed by atoms with E-state index >= 15 is 0 Å². The predicted octanol–water partition coefficient (Wildman–Crippen LogP) is 2.62. The van der Waals surface area contributed by atoms with Gasteiger partial charge in [-0.25, -0.2) is 0 Å². The molecule has 0 atom stereocenters. The number of hydrogen-bond donors (Lipinski definition) is 2. The van der Waals surface area contributed by atoms with Crippen LogP contribution < -0.4 is 5.32 Å². The first-order chi connectivity index (χ1) is 8.50. The molecule has 0 bridgehead atoms. The van der Waals surface area contributed by atoms with Gasteiger partial charge in [0.2, 0.25) is 0 Å². The van der Waals surface area contributed by atoms with E-state index in [2.05, 4.69) is 5.32 Å². The minimum absolute atomic E-state index is 0.0576. The second-order valence-electron chi connectivity index (χ2n) is 5.06. The Balaban J connectivity index is 2.12. The van der Waals surface area contributed by atoms with E-state index in [4.69, 9.17) is 0 Å². The summed E-state index contributed by atoms with van der Waals surface area (Å²) in [5.41, 5.74) is 0.793. The lowest BCUT2D eigenvalue weighted by molar-refractivity contribution is -0.384. The molecule has 1 aromatic carbocycles. The number of nitrogens with one attached hydrogen (secondary N) is 1. The van der Waals surface area contributed by atoms with E-state index in [0.29, 0.717) is 12.2 Å². The third-order valence-electron chi connectivity index (χ3n) is 3.49. The molecule has 98 valence electrons. The topological polar surface area (TPSA) is 75.4 Å². The predicted molar refractivity (Wildman–Crippen MR) is 69.7 cm³/mol. The summed E-state index contributed by atoms with van der Waals surface area (Å²) in [4.78, 5) is 10.5. The van der Waals surface area contributed by atoms with Crippen LogP contribution in [-0.2, 0) is 0 Å². The summed E-state index contributed by atoms with van der Waals surface area (Å²) in [6.45, 7) is 2.26. The van der Waals surface area contributed by atoms with Crippen LogP contribution in [0.15, 0.2) is 18.2 Å². The van der Waals surface area contributed by atoms with E-state index in [1.807, 2.05) is 6.92 Å². The van der Waals surface area contributed by atoms with Crippen molar-refractivity contribution in [3.63, 3.8) is 0 Å². The fourth-order valence-corrected chi connectivity index (χ4v) is 2.42. The first kappa shape index (κ1) is 12.8. The van der Waals surface area contributed by atoms with E-state index in [1.165, 1.54) is 6.07 Å². The Morgan fingerprint density at radius 1 is 1.44 bits per heavy atom. The van der Waals surface area contributed by atoms with Crippen LogP contribution in [0, 0.1) is 17.0 Å². The van der Waals surface area contributed by atoms with Crippen molar-refractivity contribution in [2.75, 3.05) is 11.9 Å². The third-order valence-corrected chi connectivity index (χ3v) is 3.49. The molecule has 1 saturated carbocycles. The highest BCUT2D eigenvalue weighted by Crippen LogP contribution is 2.31. The Kier molecular flexibility index (Phi) is 3.52. The smallest absolute Gasteiger partial charge is 0.292 e. The monoisotopic (exact) mass is 250 g/mol. The molecule has 0 aliphatic heterocycles. The molecule has 0 amide bonds. The summed E-state index contributed by atoms with van der Waals surface area (Å²) < 4.78 is 0. The molecule has 5 nitrogen and oxygen atoms in total. The maximum absolute atomic E-state index is 10.9. The maximum Gasteiger partial charge on any atom is 0.292 e. The second kappa shape index (κ2) is 4.94. The van der Waals surface area contributed by atoms with Crippen molar-refractivity contribution in [1.29, 1.82) is 0 Å². The molecule has 1 aliphatic rings. The molecule has 1 aliphatic carbocycles. The normalized spacial score (nSPS) is 17.7. The zero-order chi connectivity index (χ0) is 13.2. The summed E-state index contributed by atoms with van der Waals surface area (Å²) in [5.74, 6) is 0. The summed E-state index contributed by atoms with van der Waals surface area (Å²) in [7, 11) is 0. The molecule has 18 heavy (non-hydrogen) atoms. The van der Waals surface area contributed by atoms with Crippen LogP contribution in [0.25, 0.3) is 0 Å². The van der Waals surface area contributed by atoms with Gasteiger partial charge >= 0.3 is 0 Å². The molecule has 0 unspecified atom stereocenters. The number of aliphatic hydroxyl groups is 1. The lowest BCUT2D eigenvalue weighted by Gasteiger charge is -2.23. The molecule has 0 saturated heterocycles. The number of rotatable bonds is 4. The van der Waals surface area contributed by atoms with Crippen LogP contribution >= 0.6 is 0 Å². The number of anilines is 1. The molecule has 2 N–H and O–H groups in total. The zero-order valence-corrected chi connectivity index (χ0v) is 10.5. The van der Waals surface area contributed by atoms with Gasteiger partial charge in [-0.1, -0.05) is 18.9 Å². The lowest BCUT2D eigenvalue weighted by Crippen LogP contribution is -2.33. The molecule has 1 fully saturated rings. The molecule has 0 radical (unpaired) electrons. The van der Waals surface area contributed by atoms with Gasteiger partial charge in [0.1, 0.15) is 5.69 Å². The first-order valence-electron chi connectivity index (χ1n) is 6.21. The fourth-order valence-electron chi connectivity index (χ4n) is 2.42. The van der Waals surface area contributed by atoms with Gasteiger partial charge in [-0.2, -0.15) is 0 Å². The Labute approximate surface area is 106 Å². The largest absolute Gasteiger partial charge is 0.388 e. The van der Waals surface area contributed by atoms with Gasteiger partial charge in [0.25, 0.3) is 5.69 Å². The molecule has 0 spiro atoms. The molecule has 1 aromatic rings. The average Bonchev–Trinajstić information content (AvgIpc) is 2.74. The van der Waals surface area contributed by atoms with E-state index in [0.717, 1.165) is 31.2 Å². The Morgan fingerprint density at radius 3 is 2.72 bits per heavy atom. The Bertz CT molecular complexity index is 454. The molecule has 0 aromatic heterocycles. The van der Waals surface area contributed by atoms with Crippen LogP contribution in [-0.4, -0.2) is 22.2 Å². The first-order valence-corrected chi connectivity index (χ1v) is 6.21. The van der Waals surface area contributed by atoms with E-state index in [-0.39, 0.29) is 5.69 Å². The third kappa shape index (κ3) is 2.79. The molecule has 2 rings (SSSR count). The number of hydrogen-bond acceptors (Lipinski definition) is 4. The van der Waals surface area contributed by atoms with Gasteiger partial charge in [0, 0.05) is 12.6 Å². The highest BCUT2D eigenvalue weighted by Gasteiger charge is 2.31. The van der Waals surface area contributed by atoms with Gasteiger partial charge in [0.15, 0.2) is 0 Å². The summed E-state index contributed by atoms with van der Waals surface area (Å²) >= 11 is 0. The second-order valence-corrected chi connectivity index (χ2v) is 5.06. The molecular formula is C13H18N2O3. The summed E-state index contributed by atoms with van der Waals surface area (Å²) in [5, 5.41) is 24.2. The number of aryl methyl sites for hydroxylation is 1. The van der Waals surface area contributed by atoms with Gasteiger partial charge in [-0.3, -0.25) is 10.1 Å². The molecule has 0 heterocycles. The number of nitro groups is 1. The van der Waals surface area contributed by atoms with Crippen molar-refractivity contribution < 1.29 is 10.0 Å². The highest BCUT2D eigenvalue weighted by molar-refractivity contribution is 5.62. The molecular weight excluding hydrogens is 232 g/mol. The SMILES string of the molecule is Cc1ccc([N+](=O)[O-])c(NCC2(O)CCCC2)c1. The van der Waals surface area contributed by atoms with Gasteiger partial charge < -0.3 is 10.4 Å². The highest BCUT2D eigenvalue weighted by atomic mass is 16.6. The molecule has 5 heteroatoms. The van der Waals surface area contributed by atoms with Crippen LogP contribution in [0.1, 0.15) is 31.2 Å². The average molecular weight is 250 g/mol. The van der Waals surface area contributed by atoms with Gasteiger partial charge in [-0.15, -0.1) is 0 Å². The zero-order valence-electron chi connectivity index (χ0n) is 10.5. The van der Waals surface area contributed by atoms with Crippen LogP contribution in [0.4, 0.5) is 11.4 Å². The van der Waals surface area contributed by atoms with E-state index < -0.39 is 10.5 Å². The van der Waals surface area contributed by atoms with E-state index in [9.17, 15) is 15.2 Å². The minimum atomic E-state index is -0.711. The van der Waals surface area contributed by atoms with Crippen molar-refractivity contribution in [1.82, 2.24) is 0 Å². The summed E-state index contributed by atoms with van der Waals surface area (Å²) in [6.07, 6.45) is 3.57. The van der Waals surface area contributed by atoms with Crippen LogP contribution in [0.2, 0.25) is 0 Å². The number of nitro benzene ring substituents is 1. The summed E-state index contributed by atoms with van der Waals surface area (Å²) in [6, 6.07) is 4.96. The van der Waals surface area contributed by atoms with Crippen molar-refractivity contribution >= 4 is 11.4 Å².